The van der Waals surface area contributed by atoms with Crippen LogP contribution >= 0.6 is 11.8 Å². The van der Waals surface area contributed by atoms with Crippen molar-refractivity contribution in [1.29, 1.82) is 0 Å². The molecule has 1 heterocycles. The minimum Gasteiger partial charge on any atom is -0.309 e. The van der Waals surface area contributed by atoms with Gasteiger partial charge in [-0.3, -0.25) is 0 Å². The van der Waals surface area contributed by atoms with Gasteiger partial charge in [-0.1, -0.05) is 19.4 Å². The first kappa shape index (κ1) is 14.9. The van der Waals surface area contributed by atoms with E-state index >= 15 is 0 Å². The summed E-state index contributed by atoms with van der Waals surface area (Å²) in [5, 5.41) is 4.30. The second-order valence-corrected chi connectivity index (χ2v) is 6.68. The highest BCUT2D eigenvalue weighted by Gasteiger charge is 2.26. The predicted molar refractivity (Wildman–Crippen MR) is 82.3 cm³/mol. The fourth-order valence-corrected chi connectivity index (χ4v) is 4.20. The Balaban J connectivity index is 2.19. The molecule has 0 bridgehead atoms. The molecule has 106 valence electrons. The quantitative estimate of drug-likeness (QED) is 0.855. The van der Waals surface area contributed by atoms with Crippen LogP contribution in [0.2, 0.25) is 0 Å². The number of thioether (sulfide) groups is 1. The zero-order valence-corrected chi connectivity index (χ0v) is 12.7. The van der Waals surface area contributed by atoms with Crippen molar-refractivity contribution < 1.29 is 4.39 Å². The van der Waals surface area contributed by atoms with E-state index in [1.807, 2.05) is 13.0 Å². The first-order valence-corrected chi connectivity index (χ1v) is 8.38. The van der Waals surface area contributed by atoms with E-state index in [0.717, 1.165) is 18.5 Å². The minimum absolute atomic E-state index is 0.133. The summed E-state index contributed by atoms with van der Waals surface area (Å²) in [5.74, 6) is 1.13. The van der Waals surface area contributed by atoms with E-state index in [1.54, 1.807) is 12.1 Å². The molecular weight excluding hydrogens is 257 g/mol. The number of halogens is 1. The van der Waals surface area contributed by atoms with Crippen LogP contribution in [0.5, 0.6) is 0 Å². The lowest BCUT2D eigenvalue weighted by Gasteiger charge is -2.32. The zero-order valence-electron chi connectivity index (χ0n) is 11.9. The summed E-state index contributed by atoms with van der Waals surface area (Å²) in [7, 11) is 0. The standard InChI is InChI=1S/C16H24FNS/c1-3-9-18-16(15-6-4-5-10-19-15)14-8-7-13(17)11-12(14)2/h7-8,11,15-16,18H,3-6,9-10H2,1-2H3. The van der Waals surface area contributed by atoms with Crippen LogP contribution in [0, 0.1) is 12.7 Å². The molecule has 0 aliphatic carbocycles. The van der Waals surface area contributed by atoms with Crippen LogP contribution in [0.1, 0.15) is 49.8 Å². The van der Waals surface area contributed by atoms with Crippen molar-refractivity contribution in [2.24, 2.45) is 0 Å². The molecule has 2 rings (SSSR count). The highest BCUT2D eigenvalue weighted by molar-refractivity contribution is 8.00. The van der Waals surface area contributed by atoms with Crippen LogP contribution in [-0.4, -0.2) is 17.5 Å². The summed E-state index contributed by atoms with van der Waals surface area (Å²) in [6.45, 7) is 5.24. The molecule has 2 atom stereocenters. The summed E-state index contributed by atoms with van der Waals surface area (Å²) in [5.41, 5.74) is 2.34. The second-order valence-electron chi connectivity index (χ2n) is 5.34. The third-order valence-corrected chi connectivity index (χ3v) is 5.23. The van der Waals surface area contributed by atoms with Gasteiger partial charge in [0.15, 0.2) is 0 Å². The molecule has 1 aromatic rings. The molecule has 2 unspecified atom stereocenters. The normalized spacial score (nSPS) is 21.3. The van der Waals surface area contributed by atoms with Gasteiger partial charge in [-0.15, -0.1) is 0 Å². The van der Waals surface area contributed by atoms with Crippen LogP contribution in [-0.2, 0) is 0 Å². The van der Waals surface area contributed by atoms with Gasteiger partial charge >= 0.3 is 0 Å². The van der Waals surface area contributed by atoms with Crippen molar-refractivity contribution in [1.82, 2.24) is 5.32 Å². The molecule has 1 N–H and O–H groups in total. The van der Waals surface area contributed by atoms with E-state index in [1.165, 1.54) is 30.6 Å². The van der Waals surface area contributed by atoms with Crippen molar-refractivity contribution in [2.45, 2.75) is 50.8 Å². The van der Waals surface area contributed by atoms with Gasteiger partial charge in [-0.2, -0.15) is 11.8 Å². The molecule has 1 fully saturated rings. The van der Waals surface area contributed by atoms with Gasteiger partial charge in [-0.05, 0) is 61.7 Å². The Morgan fingerprint density at radius 1 is 1.42 bits per heavy atom. The van der Waals surface area contributed by atoms with Crippen molar-refractivity contribution in [2.75, 3.05) is 12.3 Å². The van der Waals surface area contributed by atoms with Gasteiger partial charge in [0.1, 0.15) is 5.82 Å². The first-order chi connectivity index (χ1) is 9.22. The maximum absolute atomic E-state index is 13.3. The number of hydrogen-bond acceptors (Lipinski definition) is 2. The van der Waals surface area contributed by atoms with Gasteiger partial charge in [0.05, 0.1) is 0 Å². The number of rotatable bonds is 5. The van der Waals surface area contributed by atoms with Crippen molar-refractivity contribution in [3.63, 3.8) is 0 Å². The minimum atomic E-state index is -0.133. The third-order valence-electron chi connectivity index (χ3n) is 3.77. The van der Waals surface area contributed by atoms with Gasteiger partial charge in [-0.25, -0.2) is 4.39 Å². The number of aryl methyl sites for hydroxylation is 1. The topological polar surface area (TPSA) is 12.0 Å². The molecule has 1 aliphatic heterocycles. The molecule has 0 saturated carbocycles. The van der Waals surface area contributed by atoms with E-state index in [2.05, 4.69) is 24.0 Å². The van der Waals surface area contributed by atoms with Gasteiger partial charge in [0, 0.05) is 11.3 Å². The number of benzene rings is 1. The molecule has 19 heavy (non-hydrogen) atoms. The summed E-state index contributed by atoms with van der Waals surface area (Å²) >= 11 is 2.07. The Bertz CT molecular complexity index is 402. The van der Waals surface area contributed by atoms with Crippen LogP contribution in [0.4, 0.5) is 4.39 Å². The molecule has 1 saturated heterocycles. The Labute approximate surface area is 120 Å². The predicted octanol–water partition coefficient (Wildman–Crippen LogP) is 4.46. The maximum atomic E-state index is 13.3. The largest absolute Gasteiger partial charge is 0.309 e. The lowest BCUT2D eigenvalue weighted by molar-refractivity contribution is 0.477. The van der Waals surface area contributed by atoms with E-state index in [9.17, 15) is 4.39 Å². The van der Waals surface area contributed by atoms with E-state index in [-0.39, 0.29) is 5.82 Å². The smallest absolute Gasteiger partial charge is 0.123 e. The van der Waals surface area contributed by atoms with Crippen molar-refractivity contribution >= 4 is 11.8 Å². The molecule has 1 aromatic carbocycles. The zero-order chi connectivity index (χ0) is 13.7. The fraction of sp³-hybridized carbons (Fsp3) is 0.625. The summed E-state index contributed by atoms with van der Waals surface area (Å²) in [6.07, 6.45) is 5.06. The molecule has 0 spiro atoms. The fourth-order valence-electron chi connectivity index (χ4n) is 2.76. The molecular formula is C16H24FNS. The molecule has 1 aliphatic rings. The number of nitrogens with one attached hydrogen (secondary N) is 1. The van der Waals surface area contributed by atoms with Gasteiger partial charge in [0.2, 0.25) is 0 Å². The first-order valence-electron chi connectivity index (χ1n) is 7.33. The van der Waals surface area contributed by atoms with Crippen molar-refractivity contribution in [3.05, 3.63) is 35.1 Å². The SMILES string of the molecule is CCCNC(c1ccc(F)cc1C)C1CCCCS1. The average molecular weight is 281 g/mol. The van der Waals surface area contributed by atoms with Crippen LogP contribution in [0.3, 0.4) is 0 Å². The Morgan fingerprint density at radius 2 is 2.26 bits per heavy atom. The molecule has 3 heteroatoms. The van der Waals surface area contributed by atoms with Gasteiger partial charge in [0.25, 0.3) is 0 Å². The monoisotopic (exact) mass is 281 g/mol. The molecule has 0 amide bonds. The Kier molecular flexibility index (Phi) is 5.71. The molecule has 0 aromatic heterocycles. The lowest BCUT2D eigenvalue weighted by atomic mass is 9.95. The van der Waals surface area contributed by atoms with Gasteiger partial charge < -0.3 is 5.32 Å². The van der Waals surface area contributed by atoms with E-state index in [4.69, 9.17) is 0 Å². The summed E-state index contributed by atoms with van der Waals surface area (Å²) in [4.78, 5) is 0. The second kappa shape index (κ2) is 7.30. The molecule has 0 radical (unpaired) electrons. The highest BCUT2D eigenvalue weighted by atomic mass is 32.2. The average Bonchev–Trinajstić information content (AvgIpc) is 2.42. The maximum Gasteiger partial charge on any atom is 0.123 e. The van der Waals surface area contributed by atoms with Crippen LogP contribution in [0.15, 0.2) is 18.2 Å². The highest BCUT2D eigenvalue weighted by Crippen LogP contribution is 2.36. The van der Waals surface area contributed by atoms with Crippen molar-refractivity contribution in [3.8, 4) is 0 Å². The Hall–Kier alpha value is -0.540. The van der Waals surface area contributed by atoms with E-state index in [0.29, 0.717) is 11.3 Å². The van der Waals surface area contributed by atoms with Crippen LogP contribution in [0.25, 0.3) is 0 Å². The Morgan fingerprint density at radius 3 is 2.89 bits per heavy atom. The van der Waals surface area contributed by atoms with Crippen LogP contribution < -0.4 is 5.32 Å². The summed E-state index contributed by atoms with van der Waals surface area (Å²) in [6, 6.07) is 5.58. The van der Waals surface area contributed by atoms with E-state index < -0.39 is 0 Å². The number of hydrogen-bond donors (Lipinski definition) is 1. The summed E-state index contributed by atoms with van der Waals surface area (Å²) < 4.78 is 13.3. The lowest BCUT2D eigenvalue weighted by Crippen LogP contribution is -2.33. The third kappa shape index (κ3) is 3.96. The molecule has 1 nitrogen and oxygen atoms in total.